The molecule has 6 heteroatoms. The van der Waals surface area contributed by atoms with Crippen molar-refractivity contribution in [2.75, 3.05) is 19.8 Å². The average molecular weight is 268 g/mol. The number of carbonyl (C=O) groups is 2. The summed E-state index contributed by atoms with van der Waals surface area (Å²) in [5.74, 6) is -0.727. The van der Waals surface area contributed by atoms with E-state index in [1.807, 2.05) is 0 Å². The number of aromatic carboxylic acids is 1. The number of hydrogen-bond acceptors (Lipinski definition) is 5. The van der Waals surface area contributed by atoms with Gasteiger partial charge in [-0.25, -0.2) is 4.79 Å². The first kappa shape index (κ1) is 14.8. The van der Waals surface area contributed by atoms with E-state index in [1.165, 1.54) is 25.1 Å². The fourth-order valence-electron chi connectivity index (χ4n) is 1.39. The van der Waals surface area contributed by atoms with Gasteiger partial charge in [-0.05, 0) is 19.1 Å². The topological polar surface area (TPSA) is 82.1 Å². The number of benzene rings is 1. The zero-order valence-corrected chi connectivity index (χ0v) is 10.8. The Morgan fingerprint density at radius 1 is 1.21 bits per heavy atom. The highest BCUT2D eigenvalue weighted by molar-refractivity contribution is 5.91. The monoisotopic (exact) mass is 268 g/mol. The van der Waals surface area contributed by atoms with Crippen LogP contribution in [0.1, 0.15) is 24.2 Å². The van der Waals surface area contributed by atoms with E-state index in [0.717, 1.165) is 0 Å². The second-order valence-corrected chi connectivity index (χ2v) is 3.58. The lowest BCUT2D eigenvalue weighted by Gasteiger charge is -2.10. The maximum absolute atomic E-state index is 11.0. The molecule has 0 bridgehead atoms. The normalized spacial score (nSPS) is 9.79. The molecule has 1 rings (SSSR count). The first-order chi connectivity index (χ1) is 9.04. The number of carboxylic acid groups (broad SMARTS) is 1. The van der Waals surface area contributed by atoms with Crippen molar-refractivity contribution >= 4 is 11.9 Å². The molecule has 0 heterocycles. The average Bonchev–Trinajstić information content (AvgIpc) is 2.35. The summed E-state index contributed by atoms with van der Waals surface area (Å²) >= 11 is 0. The maximum atomic E-state index is 11.0. The van der Waals surface area contributed by atoms with Gasteiger partial charge in [-0.2, -0.15) is 0 Å². The molecule has 0 atom stereocenters. The molecule has 104 valence electrons. The van der Waals surface area contributed by atoms with E-state index < -0.39 is 5.97 Å². The van der Waals surface area contributed by atoms with Gasteiger partial charge in [-0.15, -0.1) is 0 Å². The van der Waals surface area contributed by atoms with E-state index in [9.17, 15) is 9.59 Å². The fourth-order valence-corrected chi connectivity index (χ4v) is 1.39. The zero-order valence-electron chi connectivity index (χ0n) is 10.8. The van der Waals surface area contributed by atoms with E-state index in [-0.39, 0.29) is 30.5 Å². The van der Waals surface area contributed by atoms with Crippen LogP contribution in [0.25, 0.3) is 0 Å². The Morgan fingerprint density at radius 3 is 2.53 bits per heavy atom. The molecule has 1 N–H and O–H groups in total. The number of esters is 1. The second-order valence-electron chi connectivity index (χ2n) is 3.58. The van der Waals surface area contributed by atoms with Crippen LogP contribution in [0.3, 0.4) is 0 Å². The quantitative estimate of drug-likeness (QED) is 0.599. The van der Waals surface area contributed by atoms with Crippen LogP contribution in [0.2, 0.25) is 0 Å². The molecular weight excluding hydrogens is 252 g/mol. The van der Waals surface area contributed by atoms with Crippen molar-refractivity contribution in [3.8, 4) is 11.5 Å². The predicted molar refractivity (Wildman–Crippen MR) is 66.7 cm³/mol. The van der Waals surface area contributed by atoms with Crippen LogP contribution in [0, 0.1) is 0 Å². The number of hydrogen-bond donors (Lipinski definition) is 1. The molecule has 0 aromatic heterocycles. The van der Waals surface area contributed by atoms with Gasteiger partial charge in [-0.1, -0.05) is 0 Å². The highest BCUT2D eigenvalue weighted by atomic mass is 16.6. The van der Waals surface area contributed by atoms with Crippen LogP contribution < -0.4 is 9.47 Å². The number of carboxylic acids is 1. The third-order valence-electron chi connectivity index (χ3n) is 2.14. The minimum atomic E-state index is -1.06. The van der Waals surface area contributed by atoms with E-state index >= 15 is 0 Å². The van der Waals surface area contributed by atoms with Crippen LogP contribution >= 0.6 is 0 Å². The van der Waals surface area contributed by atoms with Crippen LogP contribution in [0.15, 0.2) is 18.2 Å². The van der Waals surface area contributed by atoms with Crippen molar-refractivity contribution in [1.29, 1.82) is 0 Å². The van der Waals surface area contributed by atoms with Gasteiger partial charge >= 0.3 is 11.9 Å². The summed E-state index contributed by atoms with van der Waals surface area (Å²) in [4.78, 5) is 21.5. The lowest BCUT2D eigenvalue weighted by Crippen LogP contribution is -2.10. The molecule has 0 aliphatic carbocycles. The van der Waals surface area contributed by atoms with Crippen molar-refractivity contribution in [3.63, 3.8) is 0 Å². The SMILES string of the molecule is CCOc1cc(OCCOC(C)=O)ccc1C(=O)O. The molecule has 0 radical (unpaired) electrons. The fraction of sp³-hybridized carbons (Fsp3) is 0.385. The molecule has 6 nitrogen and oxygen atoms in total. The van der Waals surface area contributed by atoms with Gasteiger partial charge in [0.2, 0.25) is 0 Å². The summed E-state index contributed by atoms with van der Waals surface area (Å²) in [7, 11) is 0. The summed E-state index contributed by atoms with van der Waals surface area (Å²) in [5, 5.41) is 8.98. The van der Waals surface area contributed by atoms with Crippen molar-refractivity contribution in [2.24, 2.45) is 0 Å². The second kappa shape index (κ2) is 7.25. The van der Waals surface area contributed by atoms with Gasteiger partial charge < -0.3 is 19.3 Å². The Balaban J connectivity index is 2.67. The minimum absolute atomic E-state index is 0.0779. The standard InChI is InChI=1S/C13H16O6/c1-3-17-12-8-10(4-5-11(12)13(15)16)19-7-6-18-9(2)14/h4-5,8H,3,6-7H2,1-2H3,(H,15,16). The first-order valence-electron chi connectivity index (χ1n) is 5.81. The molecule has 0 fully saturated rings. The summed E-state index contributed by atoms with van der Waals surface area (Å²) in [6.45, 7) is 3.77. The molecule has 0 saturated carbocycles. The summed E-state index contributed by atoms with van der Waals surface area (Å²) < 4.78 is 15.3. The number of rotatable bonds is 7. The lowest BCUT2D eigenvalue weighted by molar-refractivity contribution is -0.141. The highest BCUT2D eigenvalue weighted by Crippen LogP contribution is 2.25. The summed E-state index contributed by atoms with van der Waals surface area (Å²) in [5.41, 5.74) is 0.0779. The van der Waals surface area contributed by atoms with Gasteiger partial charge in [-0.3, -0.25) is 4.79 Å². The van der Waals surface area contributed by atoms with Crippen LogP contribution in [-0.4, -0.2) is 36.9 Å². The Hall–Kier alpha value is -2.24. The molecule has 1 aromatic carbocycles. The van der Waals surface area contributed by atoms with E-state index in [1.54, 1.807) is 6.92 Å². The molecule has 1 aromatic rings. The van der Waals surface area contributed by atoms with E-state index in [0.29, 0.717) is 12.4 Å². The Labute approximate surface area is 110 Å². The van der Waals surface area contributed by atoms with Gasteiger partial charge in [0.15, 0.2) is 0 Å². The molecule has 0 unspecified atom stereocenters. The Bertz CT molecular complexity index is 454. The van der Waals surface area contributed by atoms with Crippen LogP contribution in [0.5, 0.6) is 11.5 Å². The predicted octanol–water partition coefficient (Wildman–Crippen LogP) is 1.73. The van der Waals surface area contributed by atoms with E-state index in [2.05, 4.69) is 0 Å². The highest BCUT2D eigenvalue weighted by Gasteiger charge is 2.12. The van der Waals surface area contributed by atoms with Crippen LogP contribution in [0.4, 0.5) is 0 Å². The maximum Gasteiger partial charge on any atom is 0.339 e. The lowest BCUT2D eigenvalue weighted by atomic mass is 10.2. The largest absolute Gasteiger partial charge is 0.493 e. The molecule has 0 amide bonds. The van der Waals surface area contributed by atoms with Crippen molar-refractivity contribution in [3.05, 3.63) is 23.8 Å². The molecule has 0 aliphatic rings. The van der Waals surface area contributed by atoms with E-state index in [4.69, 9.17) is 19.3 Å². The third kappa shape index (κ3) is 4.87. The smallest absolute Gasteiger partial charge is 0.339 e. The van der Waals surface area contributed by atoms with Crippen molar-refractivity contribution in [2.45, 2.75) is 13.8 Å². The Morgan fingerprint density at radius 2 is 1.95 bits per heavy atom. The van der Waals surface area contributed by atoms with Gasteiger partial charge in [0.05, 0.1) is 6.61 Å². The molecule has 0 spiro atoms. The third-order valence-corrected chi connectivity index (χ3v) is 2.14. The summed E-state index contributed by atoms with van der Waals surface area (Å²) in [6.07, 6.45) is 0. The molecule has 19 heavy (non-hydrogen) atoms. The molecular formula is C13H16O6. The van der Waals surface area contributed by atoms with Gasteiger partial charge in [0, 0.05) is 13.0 Å². The summed E-state index contributed by atoms with van der Waals surface area (Å²) in [6, 6.07) is 4.44. The number of carbonyl (C=O) groups excluding carboxylic acids is 1. The zero-order chi connectivity index (χ0) is 14.3. The Kier molecular flexibility index (Phi) is 5.66. The van der Waals surface area contributed by atoms with Gasteiger partial charge in [0.25, 0.3) is 0 Å². The molecule has 0 aliphatic heterocycles. The van der Waals surface area contributed by atoms with Crippen molar-refractivity contribution in [1.82, 2.24) is 0 Å². The minimum Gasteiger partial charge on any atom is -0.493 e. The number of ether oxygens (including phenoxy) is 3. The molecule has 0 saturated heterocycles. The van der Waals surface area contributed by atoms with Crippen LogP contribution in [-0.2, 0) is 9.53 Å². The first-order valence-corrected chi connectivity index (χ1v) is 5.81. The van der Waals surface area contributed by atoms with Gasteiger partial charge in [0.1, 0.15) is 30.3 Å². The van der Waals surface area contributed by atoms with Crippen molar-refractivity contribution < 1.29 is 28.9 Å².